The number of rotatable bonds is 7. The lowest BCUT2D eigenvalue weighted by atomic mass is 9.79. The minimum absolute atomic E-state index is 0.175. The summed E-state index contributed by atoms with van der Waals surface area (Å²) in [5, 5.41) is 13.9. The number of hydrogen-bond acceptors (Lipinski definition) is 3. The van der Waals surface area contributed by atoms with E-state index in [9.17, 15) is 9.90 Å². The summed E-state index contributed by atoms with van der Waals surface area (Å²) < 4.78 is 0. The van der Waals surface area contributed by atoms with Gasteiger partial charge in [-0.2, -0.15) is 0 Å². The highest BCUT2D eigenvalue weighted by Gasteiger charge is 2.35. The van der Waals surface area contributed by atoms with E-state index in [0.29, 0.717) is 0 Å². The first kappa shape index (κ1) is 18.7. The van der Waals surface area contributed by atoms with Crippen LogP contribution in [0.2, 0.25) is 0 Å². The zero-order valence-corrected chi connectivity index (χ0v) is 15.1. The Morgan fingerprint density at radius 3 is 2.43 bits per heavy atom. The number of nitrogens with one attached hydrogen (secondary N) is 1. The minimum atomic E-state index is -0.484. The third kappa shape index (κ3) is 6.07. The standard InChI is InChI=1S/C19H36N2O2/c1-3-4-5-12-20-18(22)17-8-13-21(14-9-17)15-19(23)10-6-16(2)7-11-19/h16-17,23H,3-15H2,1-2H3,(H,20,22). The second-order valence-corrected chi connectivity index (χ2v) is 7.96. The SMILES string of the molecule is CCCCCNC(=O)C1CCN(CC2(O)CCC(C)CC2)CC1. The Morgan fingerprint density at radius 2 is 1.83 bits per heavy atom. The maximum atomic E-state index is 12.2. The van der Waals surface area contributed by atoms with Gasteiger partial charge in [0.05, 0.1) is 5.60 Å². The number of unbranched alkanes of at least 4 members (excludes halogenated alkanes) is 2. The van der Waals surface area contributed by atoms with Gasteiger partial charge in [0, 0.05) is 19.0 Å². The number of aliphatic hydroxyl groups is 1. The van der Waals surface area contributed by atoms with E-state index in [1.807, 2.05) is 0 Å². The van der Waals surface area contributed by atoms with E-state index < -0.39 is 5.60 Å². The molecule has 1 heterocycles. The molecule has 0 spiro atoms. The van der Waals surface area contributed by atoms with Gasteiger partial charge in [0.15, 0.2) is 0 Å². The summed E-state index contributed by atoms with van der Waals surface area (Å²) in [6, 6.07) is 0. The molecule has 1 aliphatic carbocycles. The van der Waals surface area contributed by atoms with E-state index in [1.165, 1.54) is 12.8 Å². The monoisotopic (exact) mass is 324 g/mol. The molecule has 2 fully saturated rings. The van der Waals surface area contributed by atoms with Gasteiger partial charge in [0.1, 0.15) is 0 Å². The molecule has 1 amide bonds. The summed E-state index contributed by atoms with van der Waals surface area (Å²) in [5.74, 6) is 1.18. The number of hydrogen-bond donors (Lipinski definition) is 2. The summed E-state index contributed by atoms with van der Waals surface area (Å²) in [7, 11) is 0. The summed E-state index contributed by atoms with van der Waals surface area (Å²) in [6.07, 6.45) is 9.51. The fourth-order valence-electron chi connectivity index (χ4n) is 3.96. The number of likely N-dealkylation sites (tertiary alicyclic amines) is 1. The molecule has 2 aliphatic rings. The number of nitrogens with zero attached hydrogens (tertiary/aromatic N) is 1. The lowest BCUT2D eigenvalue weighted by molar-refractivity contribution is -0.126. The van der Waals surface area contributed by atoms with Crippen LogP contribution in [-0.2, 0) is 4.79 Å². The molecule has 2 rings (SSSR count). The predicted molar refractivity (Wildman–Crippen MR) is 94.3 cm³/mol. The molecule has 4 heteroatoms. The van der Waals surface area contributed by atoms with Crippen LogP contribution in [0.1, 0.15) is 71.6 Å². The second-order valence-electron chi connectivity index (χ2n) is 7.96. The van der Waals surface area contributed by atoms with Crippen LogP contribution < -0.4 is 5.32 Å². The zero-order chi connectivity index (χ0) is 16.7. The molecule has 0 atom stereocenters. The lowest BCUT2D eigenvalue weighted by Gasteiger charge is -2.41. The molecule has 134 valence electrons. The van der Waals surface area contributed by atoms with E-state index >= 15 is 0 Å². The summed E-state index contributed by atoms with van der Waals surface area (Å²) in [5.41, 5.74) is -0.484. The summed E-state index contributed by atoms with van der Waals surface area (Å²) in [6.45, 7) is 7.98. The molecular formula is C19H36N2O2. The number of carbonyl (C=O) groups is 1. The molecule has 1 saturated heterocycles. The van der Waals surface area contributed by atoms with E-state index in [0.717, 1.165) is 77.0 Å². The van der Waals surface area contributed by atoms with Crippen LogP contribution in [-0.4, -0.2) is 47.7 Å². The van der Waals surface area contributed by atoms with Crippen molar-refractivity contribution >= 4 is 5.91 Å². The van der Waals surface area contributed by atoms with Crippen LogP contribution in [0.15, 0.2) is 0 Å². The van der Waals surface area contributed by atoms with Gasteiger partial charge in [-0.25, -0.2) is 0 Å². The molecule has 1 aliphatic heterocycles. The molecular weight excluding hydrogens is 288 g/mol. The molecule has 0 bridgehead atoms. The molecule has 1 saturated carbocycles. The highest BCUT2D eigenvalue weighted by Crippen LogP contribution is 2.33. The molecule has 0 aromatic heterocycles. The molecule has 2 N–H and O–H groups in total. The van der Waals surface area contributed by atoms with Crippen LogP contribution in [0.4, 0.5) is 0 Å². The topological polar surface area (TPSA) is 52.6 Å². The van der Waals surface area contributed by atoms with E-state index in [4.69, 9.17) is 0 Å². The van der Waals surface area contributed by atoms with Crippen molar-refractivity contribution in [1.82, 2.24) is 10.2 Å². The smallest absolute Gasteiger partial charge is 0.223 e. The van der Waals surface area contributed by atoms with Crippen LogP contribution >= 0.6 is 0 Å². The predicted octanol–water partition coefficient (Wildman–Crippen LogP) is 2.95. The third-order valence-electron chi connectivity index (χ3n) is 5.76. The summed E-state index contributed by atoms with van der Waals surface area (Å²) >= 11 is 0. The van der Waals surface area contributed by atoms with Crippen LogP contribution in [0.3, 0.4) is 0 Å². The quantitative estimate of drug-likeness (QED) is 0.708. The Hall–Kier alpha value is -0.610. The molecule has 0 aromatic carbocycles. The fraction of sp³-hybridized carbons (Fsp3) is 0.947. The zero-order valence-electron chi connectivity index (χ0n) is 15.1. The maximum absolute atomic E-state index is 12.2. The number of β-amino-alcohol motifs (C(OH)–C–C–N with tert-alkyl or cyclic N) is 1. The second kappa shape index (κ2) is 9.03. The highest BCUT2D eigenvalue weighted by atomic mass is 16.3. The van der Waals surface area contributed by atoms with Crippen LogP contribution in [0, 0.1) is 11.8 Å². The van der Waals surface area contributed by atoms with E-state index in [2.05, 4.69) is 24.1 Å². The van der Waals surface area contributed by atoms with Crippen molar-refractivity contribution in [1.29, 1.82) is 0 Å². The van der Waals surface area contributed by atoms with Crippen molar-refractivity contribution in [3.8, 4) is 0 Å². The first-order valence-electron chi connectivity index (χ1n) is 9.75. The number of amides is 1. The maximum Gasteiger partial charge on any atom is 0.223 e. The average molecular weight is 325 g/mol. The van der Waals surface area contributed by atoms with Gasteiger partial charge in [-0.15, -0.1) is 0 Å². The van der Waals surface area contributed by atoms with Crippen molar-refractivity contribution in [2.75, 3.05) is 26.2 Å². The largest absolute Gasteiger partial charge is 0.389 e. The van der Waals surface area contributed by atoms with Crippen molar-refractivity contribution in [2.45, 2.75) is 77.2 Å². The first-order valence-corrected chi connectivity index (χ1v) is 9.75. The minimum Gasteiger partial charge on any atom is -0.389 e. The Morgan fingerprint density at radius 1 is 1.17 bits per heavy atom. The van der Waals surface area contributed by atoms with E-state index in [1.54, 1.807) is 0 Å². The van der Waals surface area contributed by atoms with Crippen LogP contribution in [0.5, 0.6) is 0 Å². The van der Waals surface area contributed by atoms with Gasteiger partial charge in [-0.3, -0.25) is 4.79 Å². The fourth-order valence-corrected chi connectivity index (χ4v) is 3.96. The number of piperidine rings is 1. The molecule has 0 aromatic rings. The Kier molecular flexibility index (Phi) is 7.35. The van der Waals surface area contributed by atoms with Gasteiger partial charge >= 0.3 is 0 Å². The van der Waals surface area contributed by atoms with Gasteiger partial charge in [0.2, 0.25) is 5.91 Å². The van der Waals surface area contributed by atoms with Crippen LogP contribution in [0.25, 0.3) is 0 Å². The van der Waals surface area contributed by atoms with Gasteiger partial charge in [-0.1, -0.05) is 26.7 Å². The van der Waals surface area contributed by atoms with Crippen molar-refractivity contribution < 1.29 is 9.90 Å². The lowest BCUT2D eigenvalue weighted by Crippen LogP contribution is -2.49. The van der Waals surface area contributed by atoms with Gasteiger partial charge < -0.3 is 15.3 Å². The molecule has 4 nitrogen and oxygen atoms in total. The molecule has 23 heavy (non-hydrogen) atoms. The summed E-state index contributed by atoms with van der Waals surface area (Å²) in [4.78, 5) is 14.5. The Bertz CT molecular complexity index is 356. The van der Waals surface area contributed by atoms with Gasteiger partial charge in [-0.05, 0) is 64.0 Å². The number of carbonyl (C=O) groups excluding carboxylic acids is 1. The van der Waals surface area contributed by atoms with Crippen molar-refractivity contribution in [3.05, 3.63) is 0 Å². The van der Waals surface area contributed by atoms with Gasteiger partial charge in [0.25, 0.3) is 0 Å². The normalized spacial score (nSPS) is 30.3. The Labute approximate surface area is 142 Å². The highest BCUT2D eigenvalue weighted by molar-refractivity contribution is 5.78. The van der Waals surface area contributed by atoms with Crippen molar-refractivity contribution in [2.24, 2.45) is 11.8 Å². The third-order valence-corrected chi connectivity index (χ3v) is 5.76. The first-order chi connectivity index (χ1) is 11.0. The molecule has 0 unspecified atom stereocenters. The Balaban J connectivity index is 1.66. The molecule has 0 radical (unpaired) electrons. The van der Waals surface area contributed by atoms with E-state index in [-0.39, 0.29) is 11.8 Å². The average Bonchev–Trinajstić information content (AvgIpc) is 2.55. The van der Waals surface area contributed by atoms with Crippen molar-refractivity contribution in [3.63, 3.8) is 0 Å².